The molecular formula is C10H17N4+. The van der Waals surface area contributed by atoms with Crippen LogP contribution in [-0.2, 0) is 0 Å². The third-order valence-corrected chi connectivity index (χ3v) is 2.39. The summed E-state index contributed by atoms with van der Waals surface area (Å²) in [6.45, 7) is 3.96. The topological polar surface area (TPSA) is 50.9 Å². The number of rotatable bonds is 2. The van der Waals surface area contributed by atoms with E-state index in [1.54, 1.807) is 7.05 Å². The molecule has 1 rings (SSSR count). The fourth-order valence-corrected chi connectivity index (χ4v) is 1.66. The standard InChI is InChI=1S/C10H17N4/c1-3-4-10(13-14-11-2)9-5-7-12-8-6-9/h9-10,12H,5-8H2,1-2H3/q+1. The molecule has 1 fully saturated rings. The van der Waals surface area contributed by atoms with Crippen LogP contribution in [0.4, 0.5) is 0 Å². The monoisotopic (exact) mass is 193 g/mol. The lowest BCUT2D eigenvalue weighted by molar-refractivity contribution is 0.346. The summed E-state index contributed by atoms with van der Waals surface area (Å²) < 4.78 is 0. The summed E-state index contributed by atoms with van der Waals surface area (Å²) in [6, 6.07) is 0.0331. The maximum atomic E-state index is 4.11. The first kappa shape index (κ1) is 10.9. The van der Waals surface area contributed by atoms with Gasteiger partial charge < -0.3 is 5.32 Å². The number of hydrogen-bond acceptors (Lipinski definition) is 3. The van der Waals surface area contributed by atoms with Gasteiger partial charge in [-0.3, -0.25) is 0 Å². The van der Waals surface area contributed by atoms with Gasteiger partial charge >= 0.3 is 0 Å². The number of hydrogen-bond donors (Lipinski definition) is 1. The van der Waals surface area contributed by atoms with Crippen molar-refractivity contribution in [2.45, 2.75) is 25.8 Å². The molecule has 1 atom stereocenters. The van der Waals surface area contributed by atoms with E-state index < -0.39 is 0 Å². The Kier molecular flexibility index (Phi) is 4.92. The van der Waals surface area contributed by atoms with Gasteiger partial charge in [-0.15, -0.1) is 5.92 Å². The van der Waals surface area contributed by atoms with Crippen LogP contribution in [0.15, 0.2) is 10.2 Å². The van der Waals surface area contributed by atoms with E-state index in [2.05, 4.69) is 32.3 Å². The van der Waals surface area contributed by atoms with Gasteiger partial charge in [-0.1, -0.05) is 5.92 Å². The van der Waals surface area contributed by atoms with E-state index in [4.69, 9.17) is 0 Å². The second-order valence-corrected chi connectivity index (χ2v) is 3.33. The average molecular weight is 193 g/mol. The van der Waals surface area contributed by atoms with E-state index in [-0.39, 0.29) is 6.04 Å². The van der Waals surface area contributed by atoms with Crippen LogP contribution in [0.5, 0.6) is 0 Å². The molecule has 0 aromatic heterocycles. The van der Waals surface area contributed by atoms with Gasteiger partial charge in [0.15, 0.2) is 6.04 Å². The van der Waals surface area contributed by atoms with Gasteiger partial charge in [0, 0.05) is 5.92 Å². The molecule has 0 aromatic carbocycles. The van der Waals surface area contributed by atoms with E-state index in [1.165, 1.54) is 0 Å². The molecule has 1 aliphatic rings. The van der Waals surface area contributed by atoms with Crippen molar-refractivity contribution < 1.29 is 0 Å². The van der Waals surface area contributed by atoms with Crippen LogP contribution in [-0.4, -0.2) is 26.2 Å². The van der Waals surface area contributed by atoms with E-state index in [0.717, 1.165) is 25.9 Å². The van der Waals surface area contributed by atoms with Gasteiger partial charge in [0.05, 0.1) is 0 Å². The lowest BCUT2D eigenvalue weighted by Gasteiger charge is -2.21. The normalized spacial score (nSPS) is 18.7. The van der Waals surface area contributed by atoms with Gasteiger partial charge in [0.25, 0.3) is 0 Å². The van der Waals surface area contributed by atoms with Gasteiger partial charge in [-0.2, -0.15) is 0 Å². The number of nitrogens with zero attached hydrogens (tertiary/aromatic N) is 3. The molecule has 1 unspecified atom stereocenters. The first-order valence-electron chi connectivity index (χ1n) is 5.00. The smallest absolute Gasteiger partial charge is 0.218 e. The van der Waals surface area contributed by atoms with E-state index in [0.29, 0.717) is 5.92 Å². The summed E-state index contributed by atoms with van der Waals surface area (Å²) in [4.78, 5) is 3.69. The lowest BCUT2D eigenvalue weighted by Crippen LogP contribution is -2.32. The Labute approximate surface area is 84.9 Å². The minimum atomic E-state index is 0.0331. The van der Waals surface area contributed by atoms with Crippen LogP contribution in [0.3, 0.4) is 0 Å². The summed E-state index contributed by atoms with van der Waals surface area (Å²) in [5.41, 5.74) is 0. The quantitative estimate of drug-likeness (QED) is 0.396. The van der Waals surface area contributed by atoms with Gasteiger partial charge in [-0.25, -0.2) is 0 Å². The van der Waals surface area contributed by atoms with Gasteiger partial charge in [0.1, 0.15) is 17.3 Å². The zero-order chi connectivity index (χ0) is 10.2. The van der Waals surface area contributed by atoms with Crippen LogP contribution < -0.4 is 10.2 Å². The molecule has 0 bridgehead atoms. The molecular weight excluding hydrogens is 176 g/mol. The molecule has 1 aliphatic heterocycles. The Morgan fingerprint density at radius 1 is 1.43 bits per heavy atom. The second kappa shape index (κ2) is 6.31. The molecule has 14 heavy (non-hydrogen) atoms. The first-order valence-corrected chi connectivity index (χ1v) is 5.00. The van der Waals surface area contributed by atoms with Crippen molar-refractivity contribution in [3.63, 3.8) is 0 Å². The van der Waals surface area contributed by atoms with Crippen molar-refractivity contribution in [1.82, 2.24) is 10.2 Å². The summed E-state index contributed by atoms with van der Waals surface area (Å²) in [5.74, 6) is 6.53. The molecule has 4 heteroatoms. The Bertz CT molecular complexity index is 274. The number of nitrogens with one attached hydrogen (secondary N) is 1. The Hall–Kier alpha value is -1.17. The lowest BCUT2D eigenvalue weighted by atomic mass is 9.91. The predicted octanol–water partition coefficient (Wildman–Crippen LogP) is 0.979. The molecule has 1 N–H and O–H groups in total. The van der Waals surface area contributed by atoms with Crippen LogP contribution in [0, 0.1) is 17.8 Å². The van der Waals surface area contributed by atoms with Gasteiger partial charge in [-0.05, 0) is 32.9 Å². The van der Waals surface area contributed by atoms with Crippen molar-refractivity contribution in [2.24, 2.45) is 16.1 Å². The summed E-state index contributed by atoms with van der Waals surface area (Å²) >= 11 is 0. The maximum Gasteiger partial charge on any atom is 0.218 e. The van der Waals surface area contributed by atoms with E-state index >= 15 is 0 Å². The summed E-state index contributed by atoms with van der Waals surface area (Å²) in [7, 11) is 1.63. The fraction of sp³-hybridized carbons (Fsp3) is 0.800. The predicted molar refractivity (Wildman–Crippen MR) is 55.7 cm³/mol. The Balaban J connectivity index is 2.63. The molecule has 0 saturated carbocycles. The summed E-state index contributed by atoms with van der Waals surface area (Å²) in [5, 5.41) is 11.1. The second-order valence-electron chi connectivity index (χ2n) is 3.33. The van der Waals surface area contributed by atoms with Crippen molar-refractivity contribution in [2.75, 3.05) is 20.1 Å². The van der Waals surface area contributed by atoms with Crippen LogP contribution in [0.25, 0.3) is 0 Å². The van der Waals surface area contributed by atoms with E-state index in [9.17, 15) is 0 Å². The zero-order valence-corrected chi connectivity index (χ0v) is 8.82. The van der Waals surface area contributed by atoms with Crippen LogP contribution >= 0.6 is 0 Å². The highest BCUT2D eigenvalue weighted by Crippen LogP contribution is 2.17. The third-order valence-electron chi connectivity index (χ3n) is 2.39. The largest absolute Gasteiger partial charge is 0.317 e. The first-order chi connectivity index (χ1) is 6.88. The third kappa shape index (κ3) is 3.29. The van der Waals surface area contributed by atoms with Crippen molar-refractivity contribution in [1.29, 1.82) is 0 Å². The highest BCUT2D eigenvalue weighted by Gasteiger charge is 2.25. The Morgan fingerprint density at radius 2 is 2.14 bits per heavy atom. The molecule has 1 heterocycles. The van der Waals surface area contributed by atoms with Crippen LogP contribution in [0.1, 0.15) is 19.8 Å². The molecule has 0 aromatic rings. The molecule has 1 saturated heterocycles. The van der Waals surface area contributed by atoms with Gasteiger partial charge in [0.2, 0.25) is 4.91 Å². The maximum absolute atomic E-state index is 4.11. The Morgan fingerprint density at radius 3 is 2.71 bits per heavy atom. The zero-order valence-electron chi connectivity index (χ0n) is 8.82. The van der Waals surface area contributed by atoms with Crippen molar-refractivity contribution >= 4 is 0 Å². The SMILES string of the molecule is CC#CC(N=[N+]=NC)C1CCNCC1. The molecule has 0 spiro atoms. The summed E-state index contributed by atoms with van der Waals surface area (Å²) in [6.07, 6.45) is 2.25. The molecule has 0 radical (unpaired) electrons. The van der Waals surface area contributed by atoms with E-state index in [1.807, 2.05) is 6.92 Å². The molecule has 4 nitrogen and oxygen atoms in total. The highest BCUT2D eigenvalue weighted by atomic mass is 15.2. The molecule has 76 valence electrons. The molecule has 0 aliphatic carbocycles. The number of piperidine rings is 1. The minimum Gasteiger partial charge on any atom is -0.317 e. The highest BCUT2D eigenvalue weighted by molar-refractivity contribution is 5.08. The average Bonchev–Trinajstić information content (AvgIpc) is 2.25. The minimum absolute atomic E-state index is 0.0331. The van der Waals surface area contributed by atoms with Crippen molar-refractivity contribution in [3.8, 4) is 11.8 Å². The fourth-order valence-electron chi connectivity index (χ4n) is 1.66. The van der Waals surface area contributed by atoms with Crippen molar-refractivity contribution in [3.05, 3.63) is 0 Å². The van der Waals surface area contributed by atoms with Crippen LogP contribution in [0.2, 0.25) is 0 Å². The molecule has 0 amide bonds.